The zero-order valence-corrected chi connectivity index (χ0v) is 11.1. The van der Waals surface area contributed by atoms with Crippen molar-refractivity contribution in [1.82, 2.24) is 15.0 Å². The molecule has 0 aliphatic rings. The van der Waals surface area contributed by atoms with Crippen molar-refractivity contribution in [2.45, 2.75) is 20.4 Å². The van der Waals surface area contributed by atoms with Crippen molar-refractivity contribution in [3.63, 3.8) is 0 Å². The number of thiophene rings is 1. The standard InChI is InChI=1S/C11H15N5OS/c1-3-17-11-15-9(12)14-10(16-11)13-4-8-6-18-5-7(8)2/h5-6H,3-4H2,1-2H3,(H3,12,13,14,15,16). The van der Waals surface area contributed by atoms with Gasteiger partial charge in [0.25, 0.3) is 0 Å². The molecular weight excluding hydrogens is 250 g/mol. The molecule has 0 atom stereocenters. The molecular formula is C11H15N5OS. The Morgan fingerprint density at radius 1 is 1.33 bits per heavy atom. The van der Waals surface area contributed by atoms with Gasteiger partial charge in [-0.15, -0.1) is 0 Å². The van der Waals surface area contributed by atoms with E-state index in [4.69, 9.17) is 10.5 Å². The molecule has 0 aliphatic carbocycles. The second-order valence-electron chi connectivity index (χ2n) is 3.67. The zero-order valence-electron chi connectivity index (χ0n) is 10.3. The van der Waals surface area contributed by atoms with Crippen molar-refractivity contribution in [1.29, 1.82) is 0 Å². The van der Waals surface area contributed by atoms with Crippen LogP contribution >= 0.6 is 11.3 Å². The molecule has 6 nitrogen and oxygen atoms in total. The SMILES string of the molecule is CCOc1nc(N)nc(NCc2cscc2C)n1. The molecule has 7 heteroatoms. The first-order valence-corrected chi connectivity index (χ1v) is 6.53. The molecule has 0 bridgehead atoms. The third-order valence-electron chi connectivity index (χ3n) is 2.30. The molecule has 2 rings (SSSR count). The van der Waals surface area contributed by atoms with Gasteiger partial charge in [-0.25, -0.2) is 0 Å². The molecule has 18 heavy (non-hydrogen) atoms. The summed E-state index contributed by atoms with van der Waals surface area (Å²) in [4.78, 5) is 12.0. The van der Waals surface area contributed by atoms with Gasteiger partial charge in [0.2, 0.25) is 11.9 Å². The van der Waals surface area contributed by atoms with E-state index in [9.17, 15) is 0 Å². The monoisotopic (exact) mass is 265 g/mol. The van der Waals surface area contributed by atoms with Gasteiger partial charge in [0.1, 0.15) is 0 Å². The molecule has 0 radical (unpaired) electrons. The molecule has 3 N–H and O–H groups in total. The lowest BCUT2D eigenvalue weighted by Crippen LogP contribution is -2.09. The third kappa shape index (κ3) is 3.07. The Balaban J connectivity index is 2.07. The van der Waals surface area contributed by atoms with Crippen LogP contribution < -0.4 is 15.8 Å². The second kappa shape index (κ2) is 5.63. The summed E-state index contributed by atoms with van der Waals surface area (Å²) in [6.07, 6.45) is 0. The Morgan fingerprint density at radius 3 is 2.83 bits per heavy atom. The number of hydrogen-bond donors (Lipinski definition) is 2. The third-order valence-corrected chi connectivity index (χ3v) is 3.21. The first-order chi connectivity index (χ1) is 8.69. The van der Waals surface area contributed by atoms with Gasteiger partial charge in [0, 0.05) is 6.54 Å². The fourth-order valence-electron chi connectivity index (χ4n) is 1.39. The summed E-state index contributed by atoms with van der Waals surface area (Å²) >= 11 is 1.67. The second-order valence-corrected chi connectivity index (χ2v) is 4.41. The molecule has 0 aromatic carbocycles. The highest BCUT2D eigenvalue weighted by molar-refractivity contribution is 7.08. The molecule has 2 aromatic heterocycles. The first kappa shape index (κ1) is 12.6. The van der Waals surface area contributed by atoms with Crippen molar-refractivity contribution in [3.05, 3.63) is 21.9 Å². The molecule has 0 unspecified atom stereocenters. The van der Waals surface area contributed by atoms with E-state index >= 15 is 0 Å². The maximum atomic E-state index is 5.59. The summed E-state index contributed by atoms with van der Waals surface area (Å²) in [7, 11) is 0. The number of hydrogen-bond acceptors (Lipinski definition) is 7. The van der Waals surface area contributed by atoms with E-state index < -0.39 is 0 Å². The summed E-state index contributed by atoms with van der Waals surface area (Å²) in [5.74, 6) is 0.578. The van der Waals surface area contributed by atoms with Gasteiger partial charge in [0.15, 0.2) is 0 Å². The Morgan fingerprint density at radius 2 is 2.17 bits per heavy atom. The van der Waals surface area contributed by atoms with E-state index in [0.717, 1.165) is 0 Å². The average molecular weight is 265 g/mol. The molecule has 0 fully saturated rings. The van der Waals surface area contributed by atoms with Crippen molar-refractivity contribution >= 4 is 23.2 Å². The predicted molar refractivity (Wildman–Crippen MR) is 71.8 cm³/mol. The highest BCUT2D eigenvalue weighted by Gasteiger charge is 2.05. The van der Waals surface area contributed by atoms with Gasteiger partial charge < -0.3 is 15.8 Å². The van der Waals surface area contributed by atoms with Crippen molar-refractivity contribution in [2.75, 3.05) is 17.7 Å². The molecule has 0 spiro atoms. The van der Waals surface area contributed by atoms with Crippen LogP contribution in [0.3, 0.4) is 0 Å². The Labute approximate surface area is 109 Å². The fourth-order valence-corrected chi connectivity index (χ4v) is 2.24. The summed E-state index contributed by atoms with van der Waals surface area (Å²) in [5, 5.41) is 7.31. The lowest BCUT2D eigenvalue weighted by atomic mass is 10.2. The minimum atomic E-state index is 0.151. The Hall–Kier alpha value is -1.89. The molecule has 0 saturated carbocycles. The van der Waals surface area contributed by atoms with E-state index in [1.54, 1.807) is 11.3 Å². The van der Waals surface area contributed by atoms with Gasteiger partial charge in [-0.3, -0.25) is 0 Å². The zero-order chi connectivity index (χ0) is 13.0. The fraction of sp³-hybridized carbons (Fsp3) is 0.364. The Bertz CT molecular complexity index is 528. The number of anilines is 2. The smallest absolute Gasteiger partial charge is 0.323 e. The lowest BCUT2D eigenvalue weighted by Gasteiger charge is -2.07. The van der Waals surface area contributed by atoms with Crippen LogP contribution in [0.4, 0.5) is 11.9 Å². The van der Waals surface area contributed by atoms with E-state index in [0.29, 0.717) is 19.1 Å². The summed E-state index contributed by atoms with van der Waals surface area (Å²) in [6.45, 7) is 5.08. The van der Waals surface area contributed by atoms with Crippen LogP contribution in [0.25, 0.3) is 0 Å². The van der Waals surface area contributed by atoms with Gasteiger partial charge in [-0.2, -0.15) is 26.3 Å². The van der Waals surface area contributed by atoms with Crippen molar-refractivity contribution in [2.24, 2.45) is 0 Å². The number of nitrogens with two attached hydrogens (primary N) is 1. The van der Waals surface area contributed by atoms with Crippen LogP contribution in [0.1, 0.15) is 18.1 Å². The molecule has 0 amide bonds. The van der Waals surface area contributed by atoms with Crippen LogP contribution in [-0.4, -0.2) is 21.6 Å². The van der Waals surface area contributed by atoms with Gasteiger partial charge in [0.05, 0.1) is 6.61 Å². The first-order valence-electron chi connectivity index (χ1n) is 5.59. The molecule has 2 aromatic rings. The van der Waals surface area contributed by atoms with Crippen LogP contribution in [0.5, 0.6) is 6.01 Å². The number of nitrogens with zero attached hydrogens (tertiary/aromatic N) is 3. The molecule has 0 saturated heterocycles. The van der Waals surface area contributed by atoms with E-state index in [2.05, 4.69) is 38.0 Å². The molecule has 96 valence electrons. The topological polar surface area (TPSA) is 86.0 Å². The van der Waals surface area contributed by atoms with Crippen molar-refractivity contribution < 1.29 is 4.74 Å². The maximum absolute atomic E-state index is 5.59. The highest BCUT2D eigenvalue weighted by Crippen LogP contribution is 2.15. The van der Waals surface area contributed by atoms with Crippen LogP contribution in [-0.2, 0) is 6.54 Å². The summed E-state index contributed by atoms with van der Waals surface area (Å²) in [5.41, 5.74) is 8.06. The van der Waals surface area contributed by atoms with E-state index in [1.807, 2.05) is 6.92 Å². The number of nitrogens with one attached hydrogen (secondary N) is 1. The maximum Gasteiger partial charge on any atom is 0.323 e. The normalized spacial score (nSPS) is 10.3. The number of nitrogen functional groups attached to an aromatic ring is 1. The highest BCUT2D eigenvalue weighted by atomic mass is 32.1. The van der Waals surface area contributed by atoms with Crippen molar-refractivity contribution in [3.8, 4) is 6.01 Å². The van der Waals surface area contributed by atoms with Gasteiger partial charge >= 0.3 is 6.01 Å². The van der Waals surface area contributed by atoms with Crippen LogP contribution in [0.2, 0.25) is 0 Å². The van der Waals surface area contributed by atoms with E-state index in [1.165, 1.54) is 11.1 Å². The summed E-state index contributed by atoms with van der Waals surface area (Å²) in [6, 6.07) is 0.245. The number of rotatable bonds is 5. The minimum absolute atomic E-state index is 0.151. The number of aryl methyl sites for hydroxylation is 1. The van der Waals surface area contributed by atoms with Crippen LogP contribution in [0.15, 0.2) is 10.8 Å². The number of aromatic nitrogens is 3. The molecule has 2 heterocycles. The van der Waals surface area contributed by atoms with Crippen LogP contribution in [0, 0.1) is 6.92 Å². The Kier molecular flexibility index (Phi) is 3.93. The van der Waals surface area contributed by atoms with Gasteiger partial charge in [-0.05, 0) is 35.7 Å². The van der Waals surface area contributed by atoms with E-state index in [-0.39, 0.29) is 12.0 Å². The summed E-state index contributed by atoms with van der Waals surface area (Å²) < 4.78 is 5.21. The van der Waals surface area contributed by atoms with Gasteiger partial charge in [-0.1, -0.05) is 0 Å². The minimum Gasteiger partial charge on any atom is -0.464 e. The quantitative estimate of drug-likeness (QED) is 0.857. The predicted octanol–water partition coefficient (Wildman–Crippen LogP) is 1.83. The number of ether oxygens (including phenoxy) is 1. The average Bonchev–Trinajstić information content (AvgIpc) is 2.72. The molecule has 0 aliphatic heterocycles. The largest absolute Gasteiger partial charge is 0.464 e. The lowest BCUT2D eigenvalue weighted by molar-refractivity contribution is 0.312.